The van der Waals surface area contributed by atoms with Gasteiger partial charge >= 0.3 is 0 Å². The summed E-state index contributed by atoms with van der Waals surface area (Å²) in [6.45, 7) is 3.88. The highest BCUT2D eigenvalue weighted by molar-refractivity contribution is 6.68. The average Bonchev–Trinajstić information content (AvgIpc) is 2.36. The fraction of sp³-hybridized carbons (Fsp3) is 0.500. The molecule has 2 N–H and O–H groups in total. The van der Waals surface area contributed by atoms with Crippen LogP contribution >= 0.6 is 34.8 Å². The van der Waals surface area contributed by atoms with Gasteiger partial charge in [-0.1, -0.05) is 60.8 Å². The van der Waals surface area contributed by atoms with E-state index in [-0.39, 0.29) is 11.8 Å². The van der Waals surface area contributed by atoms with Crippen LogP contribution in [0.3, 0.4) is 0 Å². The molecule has 0 aliphatic heterocycles. The molecular formula is C14H19Cl3N2O2. The van der Waals surface area contributed by atoms with Crippen molar-refractivity contribution < 1.29 is 9.53 Å². The van der Waals surface area contributed by atoms with Gasteiger partial charge in [0.1, 0.15) is 11.9 Å². The maximum atomic E-state index is 11.9. The first kappa shape index (κ1) is 18.2. The number of para-hydroxylation sites is 2. The van der Waals surface area contributed by atoms with Crippen LogP contribution in [0.4, 0.5) is 5.69 Å². The molecule has 1 aromatic rings. The number of rotatable bonds is 6. The van der Waals surface area contributed by atoms with Crippen molar-refractivity contribution in [2.75, 3.05) is 12.4 Å². The van der Waals surface area contributed by atoms with Crippen molar-refractivity contribution in [3.8, 4) is 5.75 Å². The molecule has 4 nitrogen and oxygen atoms in total. The topological polar surface area (TPSA) is 50.4 Å². The fourth-order valence-electron chi connectivity index (χ4n) is 1.71. The molecule has 1 rings (SSSR count). The van der Waals surface area contributed by atoms with Gasteiger partial charge in [0.25, 0.3) is 0 Å². The molecular weight excluding hydrogens is 335 g/mol. The number of ether oxygens (including phenoxy) is 1. The molecule has 118 valence electrons. The molecule has 1 atom stereocenters. The van der Waals surface area contributed by atoms with E-state index in [1.165, 1.54) is 0 Å². The Bertz CT molecular complexity index is 476. The molecule has 1 aromatic carbocycles. The minimum absolute atomic E-state index is 0.191. The quantitative estimate of drug-likeness (QED) is 0.601. The number of hydrogen-bond acceptors (Lipinski definition) is 3. The predicted octanol–water partition coefficient (Wildman–Crippen LogP) is 3.97. The zero-order valence-corrected chi connectivity index (χ0v) is 14.4. The van der Waals surface area contributed by atoms with E-state index in [0.717, 1.165) is 0 Å². The Morgan fingerprint density at radius 2 is 1.90 bits per heavy atom. The molecule has 0 fully saturated rings. The summed E-state index contributed by atoms with van der Waals surface area (Å²) in [6, 6.07) is 7.19. The summed E-state index contributed by atoms with van der Waals surface area (Å²) < 4.78 is 3.52. The summed E-state index contributed by atoms with van der Waals surface area (Å²) in [4.78, 5) is 11.9. The van der Waals surface area contributed by atoms with E-state index in [1.807, 2.05) is 26.0 Å². The summed E-state index contributed by atoms with van der Waals surface area (Å²) in [5.41, 5.74) is 0.626. The summed E-state index contributed by atoms with van der Waals surface area (Å²) in [7, 11) is 1.54. The van der Waals surface area contributed by atoms with Gasteiger partial charge in [-0.3, -0.25) is 4.79 Å². The van der Waals surface area contributed by atoms with E-state index in [9.17, 15) is 4.79 Å². The van der Waals surface area contributed by atoms with Crippen LogP contribution in [0.25, 0.3) is 0 Å². The van der Waals surface area contributed by atoms with Crippen LogP contribution in [0.5, 0.6) is 5.75 Å². The number of benzene rings is 1. The summed E-state index contributed by atoms with van der Waals surface area (Å²) >= 11 is 17.8. The van der Waals surface area contributed by atoms with Crippen LogP contribution in [0, 0.1) is 5.92 Å². The third-order valence-electron chi connectivity index (χ3n) is 2.63. The third kappa shape index (κ3) is 6.20. The Morgan fingerprint density at radius 3 is 2.43 bits per heavy atom. The normalized spacial score (nSPS) is 12.9. The molecule has 0 radical (unpaired) electrons. The first-order valence-corrected chi connectivity index (χ1v) is 7.63. The lowest BCUT2D eigenvalue weighted by atomic mass is 10.1. The summed E-state index contributed by atoms with van der Waals surface area (Å²) in [6.07, 6.45) is -0.518. The van der Waals surface area contributed by atoms with Crippen LogP contribution in [0.15, 0.2) is 24.3 Å². The number of amides is 1. The molecule has 0 heterocycles. The second-order valence-corrected chi connectivity index (χ2v) is 7.35. The SMILES string of the molecule is COc1ccccc1N[C@H](NC(=O)CC(C)C)C(Cl)(Cl)Cl. The van der Waals surface area contributed by atoms with E-state index in [2.05, 4.69) is 10.6 Å². The van der Waals surface area contributed by atoms with Gasteiger partial charge in [-0.25, -0.2) is 0 Å². The first-order chi connectivity index (χ1) is 9.74. The van der Waals surface area contributed by atoms with E-state index in [1.54, 1.807) is 19.2 Å². The molecule has 0 aromatic heterocycles. The average molecular weight is 354 g/mol. The number of alkyl halides is 3. The van der Waals surface area contributed by atoms with Gasteiger partial charge in [0.2, 0.25) is 9.70 Å². The monoisotopic (exact) mass is 352 g/mol. The molecule has 0 aliphatic rings. The highest BCUT2D eigenvalue weighted by Crippen LogP contribution is 2.33. The van der Waals surface area contributed by atoms with Crippen molar-refractivity contribution in [3.63, 3.8) is 0 Å². The Hall–Kier alpha value is -0.840. The molecule has 1 amide bonds. The smallest absolute Gasteiger partial charge is 0.228 e. The number of halogens is 3. The van der Waals surface area contributed by atoms with Crippen LogP contribution in [0.1, 0.15) is 20.3 Å². The van der Waals surface area contributed by atoms with Crippen molar-refractivity contribution in [1.29, 1.82) is 0 Å². The van der Waals surface area contributed by atoms with Gasteiger partial charge in [-0.2, -0.15) is 0 Å². The lowest BCUT2D eigenvalue weighted by Gasteiger charge is -2.28. The van der Waals surface area contributed by atoms with E-state index in [0.29, 0.717) is 17.9 Å². The van der Waals surface area contributed by atoms with Crippen LogP contribution in [-0.2, 0) is 4.79 Å². The summed E-state index contributed by atoms with van der Waals surface area (Å²) in [5, 5.41) is 5.68. The van der Waals surface area contributed by atoms with Crippen LogP contribution in [0.2, 0.25) is 0 Å². The molecule has 0 unspecified atom stereocenters. The Balaban J connectivity index is 2.87. The van der Waals surface area contributed by atoms with Gasteiger partial charge in [0, 0.05) is 6.42 Å². The van der Waals surface area contributed by atoms with E-state index < -0.39 is 9.96 Å². The fourth-order valence-corrected chi connectivity index (χ4v) is 2.04. The second kappa shape index (κ2) is 7.97. The molecule has 0 aliphatic carbocycles. The van der Waals surface area contributed by atoms with Crippen molar-refractivity contribution in [1.82, 2.24) is 5.32 Å². The zero-order chi connectivity index (χ0) is 16.0. The van der Waals surface area contributed by atoms with Crippen LogP contribution < -0.4 is 15.4 Å². The Labute approximate surface area is 140 Å². The number of nitrogens with one attached hydrogen (secondary N) is 2. The molecule has 0 saturated carbocycles. The maximum absolute atomic E-state index is 11.9. The largest absolute Gasteiger partial charge is 0.495 e. The van der Waals surface area contributed by atoms with Crippen molar-refractivity contribution in [2.24, 2.45) is 5.92 Å². The third-order valence-corrected chi connectivity index (χ3v) is 3.29. The first-order valence-electron chi connectivity index (χ1n) is 6.49. The maximum Gasteiger partial charge on any atom is 0.228 e. The van der Waals surface area contributed by atoms with Gasteiger partial charge in [0.15, 0.2) is 0 Å². The van der Waals surface area contributed by atoms with Crippen molar-refractivity contribution >= 4 is 46.4 Å². The highest BCUT2D eigenvalue weighted by atomic mass is 35.6. The van der Waals surface area contributed by atoms with Crippen molar-refractivity contribution in [2.45, 2.75) is 30.2 Å². The van der Waals surface area contributed by atoms with E-state index in [4.69, 9.17) is 39.5 Å². The molecule has 7 heteroatoms. The number of carbonyl (C=O) groups is 1. The number of methoxy groups -OCH3 is 1. The van der Waals surface area contributed by atoms with E-state index >= 15 is 0 Å². The lowest BCUT2D eigenvalue weighted by molar-refractivity contribution is -0.122. The standard InChI is InChI=1S/C14H19Cl3N2O2/c1-9(2)8-12(20)19-13(14(15,16)17)18-10-6-4-5-7-11(10)21-3/h4-7,9,13,18H,8H2,1-3H3,(H,19,20)/t13-/m1/s1. The van der Waals surface area contributed by atoms with Crippen LogP contribution in [-0.4, -0.2) is 23.0 Å². The summed E-state index contributed by atoms with van der Waals surface area (Å²) in [5.74, 6) is 0.617. The zero-order valence-electron chi connectivity index (χ0n) is 12.1. The number of carbonyl (C=O) groups excluding carboxylic acids is 1. The number of hydrogen-bond donors (Lipinski definition) is 2. The Morgan fingerprint density at radius 1 is 1.29 bits per heavy atom. The minimum atomic E-state index is -1.70. The van der Waals surface area contributed by atoms with Gasteiger partial charge in [0.05, 0.1) is 12.8 Å². The second-order valence-electron chi connectivity index (χ2n) is 4.98. The van der Waals surface area contributed by atoms with Gasteiger partial charge < -0.3 is 15.4 Å². The van der Waals surface area contributed by atoms with Crippen molar-refractivity contribution in [3.05, 3.63) is 24.3 Å². The lowest BCUT2D eigenvalue weighted by Crippen LogP contribution is -2.49. The Kier molecular flexibility index (Phi) is 6.91. The minimum Gasteiger partial charge on any atom is -0.495 e. The number of anilines is 1. The highest BCUT2D eigenvalue weighted by Gasteiger charge is 2.34. The molecule has 21 heavy (non-hydrogen) atoms. The molecule has 0 bridgehead atoms. The molecule has 0 spiro atoms. The van der Waals surface area contributed by atoms with Gasteiger partial charge in [-0.05, 0) is 18.1 Å². The predicted molar refractivity (Wildman–Crippen MR) is 88.3 cm³/mol. The van der Waals surface area contributed by atoms with Gasteiger partial charge in [-0.15, -0.1) is 0 Å². The molecule has 0 saturated heterocycles.